The highest BCUT2D eigenvalue weighted by Crippen LogP contribution is 2.37. The molecule has 6 nitrogen and oxygen atoms in total. The monoisotopic (exact) mass is 459 g/mol. The first-order chi connectivity index (χ1) is 16.0. The minimum absolute atomic E-state index is 0.221. The van der Waals surface area contributed by atoms with Crippen molar-refractivity contribution in [1.29, 1.82) is 0 Å². The average molecular weight is 460 g/mol. The fourth-order valence-electron chi connectivity index (χ4n) is 4.51. The number of amides is 1. The number of carboxylic acids is 1. The van der Waals surface area contributed by atoms with Crippen LogP contribution >= 0.6 is 11.6 Å². The topological polar surface area (TPSA) is 84.2 Å². The molecule has 0 aliphatic heterocycles. The van der Waals surface area contributed by atoms with E-state index in [1.807, 2.05) is 18.2 Å². The third kappa shape index (κ3) is 4.22. The molecule has 3 aromatic carbocycles. The van der Waals surface area contributed by atoms with E-state index >= 15 is 0 Å². The minimum Gasteiger partial charge on any atom is -0.478 e. The Balaban J connectivity index is 1.49. The van der Waals surface area contributed by atoms with Gasteiger partial charge in [-0.2, -0.15) is 0 Å². The van der Waals surface area contributed by atoms with Gasteiger partial charge >= 0.3 is 5.97 Å². The van der Waals surface area contributed by atoms with Gasteiger partial charge in [0, 0.05) is 27.9 Å². The van der Waals surface area contributed by atoms with Crippen LogP contribution in [0.1, 0.15) is 52.4 Å². The molecule has 1 heterocycles. The number of hydrogen-bond acceptors (Lipinski definition) is 3. The number of fused-ring (bicyclic) bond motifs is 1. The number of aromatic carboxylic acids is 1. The van der Waals surface area contributed by atoms with Gasteiger partial charge in [0.15, 0.2) is 0 Å². The quantitative estimate of drug-likeness (QED) is 0.360. The van der Waals surface area contributed by atoms with Gasteiger partial charge in [0.25, 0.3) is 5.91 Å². The van der Waals surface area contributed by atoms with Crippen LogP contribution in [0.3, 0.4) is 0 Å². The van der Waals surface area contributed by atoms with Crippen molar-refractivity contribution in [2.75, 3.05) is 5.32 Å². The zero-order valence-corrected chi connectivity index (χ0v) is 18.5. The van der Waals surface area contributed by atoms with E-state index in [0.717, 1.165) is 29.7 Å². The summed E-state index contributed by atoms with van der Waals surface area (Å²) in [6.45, 7) is 0. The number of halogens is 1. The van der Waals surface area contributed by atoms with E-state index < -0.39 is 5.97 Å². The van der Waals surface area contributed by atoms with Crippen molar-refractivity contribution in [2.45, 2.75) is 31.7 Å². The summed E-state index contributed by atoms with van der Waals surface area (Å²) in [5.74, 6) is -0.399. The van der Waals surface area contributed by atoms with Gasteiger partial charge in [0.1, 0.15) is 5.82 Å². The number of anilines is 1. The molecule has 1 saturated carbocycles. The summed E-state index contributed by atoms with van der Waals surface area (Å²) < 4.78 is 2.23. The van der Waals surface area contributed by atoms with Gasteiger partial charge in [0.2, 0.25) is 0 Å². The van der Waals surface area contributed by atoms with E-state index in [2.05, 4.69) is 9.88 Å². The minimum atomic E-state index is -0.969. The molecule has 0 atom stereocenters. The first-order valence-electron chi connectivity index (χ1n) is 10.9. The van der Waals surface area contributed by atoms with Crippen LogP contribution in [0.25, 0.3) is 22.4 Å². The summed E-state index contributed by atoms with van der Waals surface area (Å²) in [7, 11) is 0. The largest absolute Gasteiger partial charge is 0.478 e. The highest BCUT2D eigenvalue weighted by atomic mass is 35.5. The van der Waals surface area contributed by atoms with Crippen molar-refractivity contribution < 1.29 is 14.7 Å². The molecule has 5 rings (SSSR count). The van der Waals surface area contributed by atoms with Crippen LogP contribution in [0.2, 0.25) is 5.02 Å². The van der Waals surface area contributed by atoms with Crippen molar-refractivity contribution in [2.24, 2.45) is 0 Å². The lowest BCUT2D eigenvalue weighted by Crippen LogP contribution is -2.12. The molecular weight excluding hydrogens is 438 g/mol. The molecule has 33 heavy (non-hydrogen) atoms. The number of nitrogens with one attached hydrogen (secondary N) is 1. The molecule has 4 aromatic rings. The number of carbonyl (C=O) groups excluding carboxylic acids is 1. The summed E-state index contributed by atoms with van der Waals surface area (Å²) in [5, 5.41) is 12.8. The number of hydrogen-bond donors (Lipinski definition) is 2. The van der Waals surface area contributed by atoms with Crippen LogP contribution in [0.15, 0.2) is 66.7 Å². The second-order valence-corrected chi connectivity index (χ2v) is 8.73. The maximum Gasteiger partial charge on any atom is 0.335 e. The second kappa shape index (κ2) is 8.71. The Hall–Kier alpha value is -3.64. The van der Waals surface area contributed by atoms with Crippen molar-refractivity contribution in [1.82, 2.24) is 9.55 Å². The smallest absolute Gasteiger partial charge is 0.335 e. The van der Waals surface area contributed by atoms with Crippen LogP contribution in [0.4, 0.5) is 5.69 Å². The van der Waals surface area contributed by atoms with Crippen LogP contribution < -0.4 is 5.32 Å². The fraction of sp³-hybridized carbons (Fsp3) is 0.192. The third-order valence-corrected chi connectivity index (χ3v) is 6.35. The molecular formula is C26H22ClN3O3. The molecule has 0 saturated heterocycles. The molecule has 0 bridgehead atoms. The standard InChI is InChI=1S/C26H22ClN3O3/c27-19-4-3-5-20(15-19)28-25(31)17-10-8-16(9-11-17)24-29-22-14-18(26(32)33)12-13-23(22)30(24)21-6-1-2-7-21/h3-5,8-15,21H,1-2,6-7H2,(H,28,31)(H,32,33). The van der Waals surface area contributed by atoms with Crippen LogP contribution in [-0.4, -0.2) is 26.5 Å². The second-order valence-electron chi connectivity index (χ2n) is 8.29. The number of rotatable bonds is 5. The molecule has 1 aliphatic carbocycles. The Morgan fingerprint density at radius 2 is 1.70 bits per heavy atom. The van der Waals surface area contributed by atoms with Crippen molar-refractivity contribution in [3.8, 4) is 11.4 Å². The molecule has 7 heteroatoms. The number of carbonyl (C=O) groups is 2. The average Bonchev–Trinajstić information content (AvgIpc) is 3.46. The van der Waals surface area contributed by atoms with Gasteiger partial charge < -0.3 is 15.0 Å². The predicted molar refractivity (Wildman–Crippen MR) is 129 cm³/mol. The predicted octanol–water partition coefficient (Wildman–Crippen LogP) is 6.42. The first-order valence-corrected chi connectivity index (χ1v) is 11.3. The SMILES string of the molecule is O=C(O)c1ccc2c(c1)nc(-c1ccc(C(=O)Nc3cccc(Cl)c3)cc1)n2C1CCCC1. The first kappa shape index (κ1) is 21.2. The van der Waals surface area contributed by atoms with Gasteiger partial charge in [-0.3, -0.25) is 4.79 Å². The van der Waals surface area contributed by atoms with Crippen molar-refractivity contribution in [3.63, 3.8) is 0 Å². The maximum atomic E-state index is 12.7. The molecule has 1 aliphatic rings. The van der Waals surface area contributed by atoms with E-state index in [1.165, 1.54) is 12.8 Å². The van der Waals surface area contributed by atoms with E-state index in [4.69, 9.17) is 16.6 Å². The maximum absolute atomic E-state index is 12.7. The number of carboxylic acid groups (broad SMARTS) is 1. The lowest BCUT2D eigenvalue weighted by atomic mass is 10.1. The third-order valence-electron chi connectivity index (χ3n) is 6.11. The molecule has 1 amide bonds. The zero-order valence-electron chi connectivity index (χ0n) is 17.8. The number of imidazole rings is 1. The molecule has 2 N–H and O–H groups in total. The molecule has 0 radical (unpaired) electrons. The van der Waals surface area contributed by atoms with E-state index in [1.54, 1.807) is 48.5 Å². The Morgan fingerprint density at radius 1 is 0.970 bits per heavy atom. The Labute approximate surface area is 195 Å². The Kier molecular flexibility index (Phi) is 5.60. The number of benzene rings is 3. The van der Waals surface area contributed by atoms with E-state index in [0.29, 0.717) is 27.8 Å². The van der Waals surface area contributed by atoms with E-state index in [-0.39, 0.29) is 11.5 Å². The highest BCUT2D eigenvalue weighted by molar-refractivity contribution is 6.31. The lowest BCUT2D eigenvalue weighted by molar-refractivity contribution is 0.0696. The lowest BCUT2D eigenvalue weighted by Gasteiger charge is -2.16. The van der Waals surface area contributed by atoms with Crippen molar-refractivity contribution in [3.05, 3.63) is 82.9 Å². The summed E-state index contributed by atoms with van der Waals surface area (Å²) in [6.07, 6.45) is 4.47. The van der Waals surface area contributed by atoms with E-state index in [9.17, 15) is 14.7 Å². The summed E-state index contributed by atoms with van der Waals surface area (Å²) in [6, 6.07) is 19.8. The number of aromatic nitrogens is 2. The fourth-order valence-corrected chi connectivity index (χ4v) is 4.70. The summed E-state index contributed by atoms with van der Waals surface area (Å²) in [4.78, 5) is 28.9. The molecule has 1 aromatic heterocycles. The van der Waals surface area contributed by atoms with Gasteiger partial charge in [-0.1, -0.05) is 42.6 Å². The van der Waals surface area contributed by atoms with Gasteiger partial charge in [-0.25, -0.2) is 9.78 Å². The Bertz CT molecular complexity index is 1360. The van der Waals surface area contributed by atoms with Crippen molar-refractivity contribution >= 4 is 40.2 Å². The van der Waals surface area contributed by atoms with Gasteiger partial charge in [-0.05, 0) is 61.4 Å². The summed E-state index contributed by atoms with van der Waals surface area (Å²) in [5.41, 5.74) is 3.86. The Morgan fingerprint density at radius 3 is 2.39 bits per heavy atom. The van der Waals surface area contributed by atoms with Gasteiger partial charge in [0.05, 0.1) is 16.6 Å². The highest BCUT2D eigenvalue weighted by Gasteiger charge is 2.24. The normalized spacial score (nSPS) is 14.0. The summed E-state index contributed by atoms with van der Waals surface area (Å²) >= 11 is 6.00. The molecule has 166 valence electrons. The molecule has 0 unspecified atom stereocenters. The molecule has 1 fully saturated rings. The zero-order chi connectivity index (χ0) is 22.9. The van der Waals surface area contributed by atoms with Crippen LogP contribution in [0.5, 0.6) is 0 Å². The molecule has 0 spiro atoms. The van der Waals surface area contributed by atoms with Crippen LogP contribution in [0, 0.1) is 0 Å². The van der Waals surface area contributed by atoms with Crippen LogP contribution in [-0.2, 0) is 0 Å². The van der Waals surface area contributed by atoms with Gasteiger partial charge in [-0.15, -0.1) is 0 Å². The number of nitrogens with zero attached hydrogens (tertiary/aromatic N) is 2.